The Bertz CT molecular complexity index is 636. The smallest absolute Gasteiger partial charge is 0.268 e. The van der Waals surface area contributed by atoms with E-state index in [0.717, 1.165) is 5.56 Å². The zero-order valence-corrected chi connectivity index (χ0v) is 15.2. The number of allylic oxidation sites excluding steroid dienone is 1. The van der Waals surface area contributed by atoms with Gasteiger partial charge in [-0.25, -0.2) is 0 Å². The third kappa shape index (κ3) is 4.70. The van der Waals surface area contributed by atoms with Gasteiger partial charge in [0.25, 0.3) is 5.91 Å². The van der Waals surface area contributed by atoms with Gasteiger partial charge in [-0.1, -0.05) is 58.9 Å². The van der Waals surface area contributed by atoms with Gasteiger partial charge in [0.1, 0.15) is 0 Å². The standard InChI is InChI=1S/C20H27NO3/c1-13(2)18-19(23)21-17(24-18)12-16(22)11-8-14-6-9-15(10-7-14)20(3,4)5/h6-7,9-10,12-13,18H,8,11H2,1-5H3,(H,21,23)/b17-12+/t18-/m0/s1. The van der Waals surface area contributed by atoms with Crippen molar-refractivity contribution in [3.05, 3.63) is 47.4 Å². The highest BCUT2D eigenvalue weighted by Gasteiger charge is 2.32. The minimum absolute atomic E-state index is 0.0467. The summed E-state index contributed by atoms with van der Waals surface area (Å²) in [5, 5.41) is 2.62. The predicted molar refractivity (Wildman–Crippen MR) is 94.4 cm³/mol. The number of nitrogens with one attached hydrogen (secondary N) is 1. The summed E-state index contributed by atoms with van der Waals surface area (Å²) in [4.78, 5) is 23.8. The molecule has 0 aliphatic carbocycles. The molecule has 1 aromatic carbocycles. The van der Waals surface area contributed by atoms with Crippen molar-refractivity contribution < 1.29 is 14.3 Å². The SMILES string of the molecule is CC(C)[C@@H]1O/C(=C/C(=O)CCc2ccc(C(C)(C)C)cc2)NC1=O. The van der Waals surface area contributed by atoms with E-state index in [2.05, 4.69) is 50.4 Å². The summed E-state index contributed by atoms with van der Waals surface area (Å²) in [7, 11) is 0. The van der Waals surface area contributed by atoms with Crippen molar-refractivity contribution in [2.45, 2.75) is 59.0 Å². The number of carbonyl (C=O) groups excluding carboxylic acids is 2. The Labute approximate surface area is 144 Å². The second kappa shape index (κ2) is 7.20. The van der Waals surface area contributed by atoms with Gasteiger partial charge in [0.05, 0.1) is 0 Å². The number of hydrogen-bond donors (Lipinski definition) is 1. The molecule has 2 rings (SSSR count). The van der Waals surface area contributed by atoms with Gasteiger partial charge in [-0.15, -0.1) is 0 Å². The number of ether oxygens (including phenoxy) is 1. The van der Waals surface area contributed by atoms with Crippen LogP contribution in [0, 0.1) is 5.92 Å². The van der Waals surface area contributed by atoms with Crippen molar-refractivity contribution in [2.75, 3.05) is 0 Å². The van der Waals surface area contributed by atoms with Gasteiger partial charge in [-0.05, 0) is 28.9 Å². The molecule has 0 radical (unpaired) electrons. The number of rotatable bonds is 5. The number of benzene rings is 1. The van der Waals surface area contributed by atoms with Gasteiger partial charge in [0.2, 0.25) is 0 Å². The van der Waals surface area contributed by atoms with Gasteiger partial charge in [-0.3, -0.25) is 14.9 Å². The van der Waals surface area contributed by atoms with Crippen molar-refractivity contribution >= 4 is 11.7 Å². The Kier molecular flexibility index (Phi) is 5.47. The Hall–Kier alpha value is -2.10. The van der Waals surface area contributed by atoms with Crippen molar-refractivity contribution in [1.82, 2.24) is 5.32 Å². The molecule has 0 bridgehead atoms. The van der Waals surface area contributed by atoms with Crippen molar-refractivity contribution in [1.29, 1.82) is 0 Å². The fourth-order valence-corrected chi connectivity index (χ4v) is 2.58. The zero-order valence-electron chi connectivity index (χ0n) is 15.2. The zero-order chi connectivity index (χ0) is 17.9. The summed E-state index contributed by atoms with van der Waals surface area (Å²) in [6, 6.07) is 8.38. The van der Waals surface area contributed by atoms with Crippen LogP contribution < -0.4 is 5.32 Å². The number of aryl methyl sites for hydroxylation is 1. The van der Waals surface area contributed by atoms with Gasteiger partial charge in [-0.2, -0.15) is 0 Å². The molecule has 24 heavy (non-hydrogen) atoms. The van der Waals surface area contributed by atoms with E-state index in [-0.39, 0.29) is 28.9 Å². The van der Waals surface area contributed by atoms with Gasteiger partial charge < -0.3 is 4.74 Å². The first-order valence-electron chi connectivity index (χ1n) is 8.48. The highest BCUT2D eigenvalue weighted by atomic mass is 16.5. The van der Waals surface area contributed by atoms with E-state index >= 15 is 0 Å². The third-order valence-electron chi connectivity index (χ3n) is 4.14. The Morgan fingerprint density at radius 1 is 1.25 bits per heavy atom. The molecule has 4 heteroatoms. The summed E-state index contributed by atoms with van der Waals surface area (Å²) in [6.45, 7) is 10.4. The third-order valence-corrected chi connectivity index (χ3v) is 4.14. The van der Waals surface area contributed by atoms with Crippen LogP contribution in [0.5, 0.6) is 0 Å². The van der Waals surface area contributed by atoms with E-state index in [1.807, 2.05) is 13.8 Å². The van der Waals surface area contributed by atoms with Crippen LogP contribution in [0.2, 0.25) is 0 Å². The van der Waals surface area contributed by atoms with Gasteiger partial charge in [0.15, 0.2) is 17.8 Å². The minimum Gasteiger partial charge on any atom is -0.465 e. The molecule has 4 nitrogen and oxygen atoms in total. The molecule has 1 heterocycles. The van der Waals surface area contributed by atoms with Crippen molar-refractivity contribution in [3.63, 3.8) is 0 Å². The lowest BCUT2D eigenvalue weighted by Crippen LogP contribution is -2.27. The maximum absolute atomic E-state index is 12.1. The molecule has 1 aliphatic heterocycles. The first-order chi connectivity index (χ1) is 11.2. The average Bonchev–Trinajstić information content (AvgIpc) is 2.85. The van der Waals surface area contributed by atoms with E-state index in [9.17, 15) is 9.59 Å². The highest BCUT2D eigenvalue weighted by molar-refractivity contribution is 5.92. The van der Waals surface area contributed by atoms with Crippen molar-refractivity contribution in [3.8, 4) is 0 Å². The van der Waals surface area contributed by atoms with Crippen LogP contribution in [-0.2, 0) is 26.2 Å². The molecular formula is C20H27NO3. The molecule has 130 valence electrons. The van der Waals surface area contributed by atoms with E-state index in [0.29, 0.717) is 12.8 Å². The lowest BCUT2D eigenvalue weighted by molar-refractivity contribution is -0.125. The first-order valence-corrected chi connectivity index (χ1v) is 8.48. The fraction of sp³-hybridized carbons (Fsp3) is 0.500. The van der Waals surface area contributed by atoms with Gasteiger partial charge >= 0.3 is 0 Å². The van der Waals surface area contributed by atoms with Crippen LogP contribution in [0.1, 0.15) is 52.2 Å². The molecule has 0 spiro atoms. The molecule has 1 fully saturated rings. The Morgan fingerprint density at radius 2 is 1.88 bits per heavy atom. The second-order valence-electron chi connectivity index (χ2n) is 7.69. The van der Waals surface area contributed by atoms with Gasteiger partial charge in [0, 0.05) is 12.5 Å². The first kappa shape index (κ1) is 18.2. The summed E-state index contributed by atoms with van der Waals surface area (Å²) in [6.07, 6.45) is 1.96. The van der Waals surface area contributed by atoms with Crippen LogP contribution in [0.3, 0.4) is 0 Å². The summed E-state index contributed by atoms with van der Waals surface area (Å²) in [5.74, 6) is 0.121. The minimum atomic E-state index is -0.506. The largest absolute Gasteiger partial charge is 0.465 e. The summed E-state index contributed by atoms with van der Waals surface area (Å²) in [5.41, 5.74) is 2.54. The van der Waals surface area contributed by atoms with Crippen LogP contribution in [-0.4, -0.2) is 17.8 Å². The average molecular weight is 329 g/mol. The number of amides is 1. The van der Waals surface area contributed by atoms with Crippen LogP contribution in [0.4, 0.5) is 0 Å². The Morgan fingerprint density at radius 3 is 2.38 bits per heavy atom. The fourth-order valence-electron chi connectivity index (χ4n) is 2.58. The lowest BCUT2D eigenvalue weighted by Gasteiger charge is -2.19. The molecule has 0 saturated carbocycles. The maximum Gasteiger partial charge on any atom is 0.268 e. The molecule has 0 aromatic heterocycles. The highest BCUT2D eigenvalue weighted by Crippen LogP contribution is 2.22. The maximum atomic E-state index is 12.1. The van der Waals surface area contributed by atoms with Crippen molar-refractivity contribution in [2.24, 2.45) is 5.92 Å². The number of carbonyl (C=O) groups is 2. The quantitative estimate of drug-likeness (QED) is 0.841. The van der Waals surface area contributed by atoms with E-state index < -0.39 is 6.10 Å². The lowest BCUT2D eigenvalue weighted by atomic mass is 9.86. The van der Waals surface area contributed by atoms with Crippen LogP contribution >= 0.6 is 0 Å². The van der Waals surface area contributed by atoms with E-state index in [1.165, 1.54) is 11.6 Å². The monoisotopic (exact) mass is 329 g/mol. The summed E-state index contributed by atoms with van der Waals surface area (Å²) >= 11 is 0. The Balaban J connectivity index is 1.90. The molecule has 1 aromatic rings. The molecule has 1 aliphatic rings. The molecule has 1 saturated heterocycles. The van der Waals surface area contributed by atoms with E-state index in [4.69, 9.17) is 4.74 Å². The molecule has 1 N–H and O–H groups in total. The normalized spacial score (nSPS) is 19.5. The topological polar surface area (TPSA) is 55.4 Å². The number of ketones is 1. The molecule has 1 amide bonds. The van der Waals surface area contributed by atoms with E-state index in [1.54, 1.807) is 0 Å². The molecule has 1 atom stereocenters. The molecule has 0 unspecified atom stereocenters. The second-order valence-corrected chi connectivity index (χ2v) is 7.69. The number of hydrogen-bond acceptors (Lipinski definition) is 3. The predicted octanol–water partition coefficient (Wildman–Crippen LogP) is 3.50. The van der Waals surface area contributed by atoms with Crippen LogP contribution in [0.15, 0.2) is 36.2 Å². The van der Waals surface area contributed by atoms with Crippen LogP contribution in [0.25, 0.3) is 0 Å². The summed E-state index contributed by atoms with van der Waals surface area (Å²) < 4.78 is 5.49. The molecular weight excluding hydrogens is 302 g/mol.